The van der Waals surface area contributed by atoms with Crippen LogP contribution in [0.1, 0.15) is 62.0 Å². The third-order valence-electron chi connectivity index (χ3n) is 4.48. The molecule has 1 aliphatic rings. The largest absolute Gasteiger partial charge is 0.481 e. The molecule has 0 aliphatic heterocycles. The van der Waals surface area contributed by atoms with E-state index in [2.05, 4.69) is 16.7 Å². The highest BCUT2D eigenvalue weighted by Crippen LogP contribution is 2.35. The van der Waals surface area contributed by atoms with Crippen molar-refractivity contribution in [2.75, 3.05) is 0 Å². The highest BCUT2D eigenvalue weighted by atomic mass is 16.4. The third-order valence-corrected chi connectivity index (χ3v) is 4.48. The van der Waals surface area contributed by atoms with E-state index in [1.54, 1.807) is 0 Å². The van der Waals surface area contributed by atoms with E-state index in [0.29, 0.717) is 6.04 Å². The summed E-state index contributed by atoms with van der Waals surface area (Å²) in [5.74, 6) is 0.0198. The molecule has 106 valence electrons. The van der Waals surface area contributed by atoms with Crippen molar-refractivity contribution in [3.05, 3.63) is 17.0 Å². The molecule has 2 atom stereocenters. The Morgan fingerprint density at radius 2 is 2.16 bits per heavy atom. The van der Waals surface area contributed by atoms with E-state index in [4.69, 9.17) is 5.11 Å². The van der Waals surface area contributed by atoms with Crippen molar-refractivity contribution < 1.29 is 9.90 Å². The van der Waals surface area contributed by atoms with Crippen molar-refractivity contribution in [2.24, 2.45) is 5.92 Å². The zero-order chi connectivity index (χ0) is 14.0. The Hall–Kier alpha value is -1.32. The molecule has 19 heavy (non-hydrogen) atoms. The van der Waals surface area contributed by atoms with E-state index in [-0.39, 0.29) is 6.42 Å². The molecule has 1 N–H and O–H groups in total. The van der Waals surface area contributed by atoms with Crippen LogP contribution in [0.15, 0.2) is 0 Å². The molecule has 0 spiro atoms. The van der Waals surface area contributed by atoms with Crippen molar-refractivity contribution in [2.45, 2.75) is 65.3 Å². The second-order valence-corrected chi connectivity index (χ2v) is 5.76. The first-order valence-electron chi connectivity index (χ1n) is 7.29. The van der Waals surface area contributed by atoms with Crippen LogP contribution in [0.3, 0.4) is 0 Å². The summed E-state index contributed by atoms with van der Waals surface area (Å²) in [5, 5.41) is 13.6. The van der Waals surface area contributed by atoms with Gasteiger partial charge in [-0.3, -0.25) is 9.48 Å². The van der Waals surface area contributed by atoms with E-state index in [9.17, 15) is 4.79 Å². The van der Waals surface area contributed by atoms with Crippen LogP contribution in [0.2, 0.25) is 0 Å². The summed E-state index contributed by atoms with van der Waals surface area (Å²) in [6.45, 7) is 6.18. The van der Waals surface area contributed by atoms with Gasteiger partial charge in [-0.2, -0.15) is 5.10 Å². The van der Waals surface area contributed by atoms with Gasteiger partial charge < -0.3 is 5.11 Å². The fourth-order valence-electron chi connectivity index (χ4n) is 3.32. The number of rotatable bonds is 4. The lowest BCUT2D eigenvalue weighted by atomic mass is 9.84. The second-order valence-electron chi connectivity index (χ2n) is 5.76. The van der Waals surface area contributed by atoms with Crippen LogP contribution < -0.4 is 0 Å². The van der Waals surface area contributed by atoms with E-state index in [1.807, 2.05) is 13.8 Å². The number of carboxylic acids is 1. The van der Waals surface area contributed by atoms with Crippen molar-refractivity contribution >= 4 is 5.97 Å². The van der Waals surface area contributed by atoms with Crippen molar-refractivity contribution in [1.29, 1.82) is 0 Å². The smallest absolute Gasteiger partial charge is 0.307 e. The van der Waals surface area contributed by atoms with Gasteiger partial charge in [-0.1, -0.05) is 26.2 Å². The molecule has 1 saturated carbocycles. The summed E-state index contributed by atoms with van der Waals surface area (Å²) in [6.07, 6.45) is 6.26. The number of carbonyl (C=O) groups is 1. The topological polar surface area (TPSA) is 55.1 Å². The molecule has 1 heterocycles. The Morgan fingerprint density at radius 1 is 1.42 bits per heavy atom. The van der Waals surface area contributed by atoms with E-state index in [1.165, 1.54) is 32.1 Å². The highest BCUT2D eigenvalue weighted by Gasteiger charge is 2.25. The summed E-state index contributed by atoms with van der Waals surface area (Å²) >= 11 is 0. The number of aryl methyl sites for hydroxylation is 1. The van der Waals surface area contributed by atoms with Gasteiger partial charge in [-0.15, -0.1) is 0 Å². The first-order chi connectivity index (χ1) is 9.02. The maximum absolute atomic E-state index is 10.9. The molecule has 1 aliphatic carbocycles. The summed E-state index contributed by atoms with van der Waals surface area (Å²) in [6, 6.07) is 0.458. The van der Waals surface area contributed by atoms with Crippen LogP contribution >= 0.6 is 0 Å². The summed E-state index contributed by atoms with van der Waals surface area (Å²) in [7, 11) is 0. The summed E-state index contributed by atoms with van der Waals surface area (Å²) in [4.78, 5) is 10.9. The Labute approximate surface area is 114 Å². The lowest BCUT2D eigenvalue weighted by molar-refractivity contribution is -0.136. The zero-order valence-electron chi connectivity index (χ0n) is 12.1. The van der Waals surface area contributed by atoms with Gasteiger partial charge in [0.05, 0.1) is 18.2 Å². The molecular weight excluding hydrogens is 240 g/mol. The Kier molecular flexibility index (Phi) is 4.27. The van der Waals surface area contributed by atoms with Crippen LogP contribution in [0.4, 0.5) is 0 Å². The molecule has 4 nitrogen and oxygen atoms in total. The number of carboxylic acid groups (broad SMARTS) is 1. The van der Waals surface area contributed by atoms with Crippen molar-refractivity contribution in [1.82, 2.24) is 9.78 Å². The first kappa shape index (κ1) is 14.1. The van der Waals surface area contributed by atoms with Crippen LogP contribution in [0.25, 0.3) is 0 Å². The lowest BCUT2D eigenvalue weighted by Crippen LogP contribution is -2.21. The van der Waals surface area contributed by atoms with Gasteiger partial charge in [0.1, 0.15) is 0 Å². The van der Waals surface area contributed by atoms with E-state index >= 15 is 0 Å². The average molecular weight is 264 g/mol. The second kappa shape index (κ2) is 5.76. The number of hydrogen-bond donors (Lipinski definition) is 1. The van der Waals surface area contributed by atoms with E-state index < -0.39 is 5.97 Å². The number of aliphatic carboxylic acids is 1. The maximum Gasteiger partial charge on any atom is 0.307 e. The fraction of sp³-hybridized carbons (Fsp3) is 0.733. The molecule has 1 fully saturated rings. The molecule has 1 aromatic heterocycles. The van der Waals surface area contributed by atoms with Gasteiger partial charge in [0.25, 0.3) is 0 Å². The lowest BCUT2D eigenvalue weighted by Gasteiger charge is -2.29. The zero-order valence-corrected chi connectivity index (χ0v) is 12.1. The molecule has 0 aromatic carbocycles. The van der Waals surface area contributed by atoms with Crippen LogP contribution in [0.5, 0.6) is 0 Å². The number of hydrogen-bond acceptors (Lipinski definition) is 2. The van der Waals surface area contributed by atoms with Gasteiger partial charge in [-0.25, -0.2) is 0 Å². The van der Waals surface area contributed by atoms with Gasteiger partial charge in [-0.05, 0) is 32.6 Å². The molecule has 0 bridgehead atoms. The normalized spacial score (nSPS) is 23.5. The predicted octanol–water partition coefficient (Wildman–Crippen LogP) is 3.27. The monoisotopic (exact) mass is 264 g/mol. The molecule has 0 radical (unpaired) electrons. The predicted molar refractivity (Wildman–Crippen MR) is 74.3 cm³/mol. The van der Waals surface area contributed by atoms with Crippen molar-refractivity contribution in [3.8, 4) is 0 Å². The van der Waals surface area contributed by atoms with Crippen molar-refractivity contribution in [3.63, 3.8) is 0 Å². The first-order valence-corrected chi connectivity index (χ1v) is 7.29. The standard InChI is InChI=1S/C15H24N2O2/c1-4-12-6-5-7-13(8-12)17-11(3)14(9-15(18)19)10(2)16-17/h12-13H,4-9H2,1-3H3,(H,18,19). The molecule has 1 aromatic rings. The van der Waals surface area contributed by atoms with Gasteiger partial charge in [0, 0.05) is 11.3 Å². The molecular formula is C15H24N2O2. The molecule has 0 saturated heterocycles. The molecule has 4 heteroatoms. The van der Waals surface area contributed by atoms with Gasteiger partial charge in [0.15, 0.2) is 0 Å². The average Bonchev–Trinajstić information content (AvgIpc) is 2.66. The minimum Gasteiger partial charge on any atom is -0.481 e. The Morgan fingerprint density at radius 3 is 2.79 bits per heavy atom. The summed E-state index contributed by atoms with van der Waals surface area (Å²) in [5.41, 5.74) is 2.81. The SMILES string of the molecule is CCC1CCCC(n2nc(C)c(CC(=O)O)c2C)C1. The summed E-state index contributed by atoms with van der Waals surface area (Å²) < 4.78 is 2.09. The molecule has 2 unspecified atom stereocenters. The molecule has 2 rings (SSSR count). The number of aromatic nitrogens is 2. The van der Waals surface area contributed by atoms with Gasteiger partial charge in [0.2, 0.25) is 0 Å². The van der Waals surface area contributed by atoms with Crippen LogP contribution in [-0.4, -0.2) is 20.9 Å². The maximum atomic E-state index is 10.9. The fourth-order valence-corrected chi connectivity index (χ4v) is 3.32. The minimum absolute atomic E-state index is 0.0849. The molecule has 0 amide bonds. The highest BCUT2D eigenvalue weighted by molar-refractivity contribution is 5.70. The third kappa shape index (κ3) is 2.99. The number of nitrogens with zero attached hydrogens (tertiary/aromatic N) is 2. The Bertz CT molecular complexity index is 465. The quantitative estimate of drug-likeness (QED) is 0.908. The van der Waals surface area contributed by atoms with Crippen LogP contribution in [-0.2, 0) is 11.2 Å². The Balaban J connectivity index is 2.22. The van der Waals surface area contributed by atoms with Gasteiger partial charge >= 0.3 is 5.97 Å². The van der Waals surface area contributed by atoms with E-state index in [0.717, 1.165) is 22.9 Å². The van der Waals surface area contributed by atoms with Crippen LogP contribution in [0, 0.1) is 19.8 Å². The minimum atomic E-state index is -0.777.